The molecule has 1 aromatic heterocycles. The summed E-state index contributed by atoms with van der Waals surface area (Å²) in [5.41, 5.74) is 0.421. The molecule has 3 N–H and O–H groups in total. The highest BCUT2D eigenvalue weighted by molar-refractivity contribution is 5.07. The minimum absolute atomic E-state index is 0.00485. The van der Waals surface area contributed by atoms with Crippen LogP contribution in [-0.2, 0) is 0 Å². The zero-order valence-electron chi connectivity index (χ0n) is 10.2. The first kappa shape index (κ1) is 15.0. The van der Waals surface area contributed by atoms with Crippen molar-refractivity contribution >= 4 is 0 Å². The van der Waals surface area contributed by atoms with E-state index in [-0.39, 0.29) is 13.2 Å². The standard InChI is InChI=1S/C12H19FN2O3/c13-10-1-2-11(14-9-10)12(18)3-4-15(5-7-16)6-8-17/h1-2,9,12,16-18H,3-8H2. The van der Waals surface area contributed by atoms with Crippen LogP contribution in [0.2, 0.25) is 0 Å². The van der Waals surface area contributed by atoms with Gasteiger partial charge in [-0.05, 0) is 18.6 Å². The predicted molar refractivity (Wildman–Crippen MR) is 64.4 cm³/mol. The van der Waals surface area contributed by atoms with Crippen molar-refractivity contribution in [1.29, 1.82) is 0 Å². The molecule has 0 aliphatic carbocycles. The third-order valence-electron chi connectivity index (χ3n) is 2.64. The number of hydrogen-bond donors (Lipinski definition) is 3. The van der Waals surface area contributed by atoms with Gasteiger partial charge in [-0.25, -0.2) is 4.39 Å². The van der Waals surface area contributed by atoms with Crippen LogP contribution in [-0.4, -0.2) is 58.1 Å². The first-order valence-electron chi connectivity index (χ1n) is 5.91. The molecule has 0 aromatic carbocycles. The summed E-state index contributed by atoms with van der Waals surface area (Å²) in [4.78, 5) is 5.65. The summed E-state index contributed by atoms with van der Waals surface area (Å²) in [7, 11) is 0. The molecule has 0 fully saturated rings. The Morgan fingerprint density at radius 2 is 1.83 bits per heavy atom. The molecule has 0 bridgehead atoms. The molecule has 0 saturated carbocycles. The van der Waals surface area contributed by atoms with Gasteiger partial charge in [0, 0.05) is 19.6 Å². The molecule has 18 heavy (non-hydrogen) atoms. The quantitative estimate of drug-likeness (QED) is 0.608. The van der Waals surface area contributed by atoms with Crippen LogP contribution in [0.5, 0.6) is 0 Å². The Labute approximate surface area is 106 Å². The maximum absolute atomic E-state index is 12.7. The first-order chi connectivity index (χ1) is 8.67. The lowest BCUT2D eigenvalue weighted by Crippen LogP contribution is -2.31. The molecule has 1 unspecified atom stereocenters. The van der Waals surface area contributed by atoms with E-state index in [0.29, 0.717) is 31.7 Å². The van der Waals surface area contributed by atoms with E-state index >= 15 is 0 Å². The van der Waals surface area contributed by atoms with Crippen LogP contribution in [0.3, 0.4) is 0 Å². The van der Waals surface area contributed by atoms with Gasteiger partial charge in [0.1, 0.15) is 5.82 Å². The largest absolute Gasteiger partial charge is 0.395 e. The van der Waals surface area contributed by atoms with Crippen molar-refractivity contribution in [3.63, 3.8) is 0 Å². The topological polar surface area (TPSA) is 76.8 Å². The predicted octanol–water partition coefficient (Wildman–Crippen LogP) is -0.0692. The number of hydrogen-bond acceptors (Lipinski definition) is 5. The molecule has 1 heterocycles. The summed E-state index contributed by atoms with van der Waals surface area (Å²) in [6, 6.07) is 2.70. The smallest absolute Gasteiger partial charge is 0.141 e. The van der Waals surface area contributed by atoms with Gasteiger partial charge in [-0.2, -0.15) is 0 Å². The van der Waals surface area contributed by atoms with E-state index in [4.69, 9.17) is 10.2 Å². The fourth-order valence-electron chi connectivity index (χ4n) is 1.66. The third kappa shape index (κ3) is 5.05. The van der Waals surface area contributed by atoms with Crippen LogP contribution >= 0.6 is 0 Å². The second kappa shape index (κ2) is 8.10. The Balaban J connectivity index is 2.43. The SMILES string of the molecule is OCCN(CCO)CCC(O)c1ccc(F)cn1. The molecule has 0 aliphatic rings. The number of pyridine rings is 1. The van der Waals surface area contributed by atoms with Gasteiger partial charge in [-0.3, -0.25) is 9.88 Å². The molecule has 1 atom stereocenters. The molecular formula is C12H19FN2O3. The lowest BCUT2D eigenvalue weighted by molar-refractivity contribution is 0.116. The van der Waals surface area contributed by atoms with E-state index in [9.17, 15) is 9.50 Å². The summed E-state index contributed by atoms with van der Waals surface area (Å²) in [5, 5.41) is 27.5. The Morgan fingerprint density at radius 1 is 1.17 bits per heavy atom. The van der Waals surface area contributed by atoms with Crippen molar-refractivity contribution in [1.82, 2.24) is 9.88 Å². The molecule has 6 heteroatoms. The van der Waals surface area contributed by atoms with E-state index in [1.54, 1.807) is 0 Å². The number of aliphatic hydroxyl groups is 3. The minimum Gasteiger partial charge on any atom is -0.395 e. The molecule has 1 aromatic rings. The Kier molecular flexibility index (Phi) is 6.74. The van der Waals surface area contributed by atoms with Crippen LogP contribution in [0.4, 0.5) is 4.39 Å². The van der Waals surface area contributed by atoms with Crippen molar-refractivity contribution in [2.75, 3.05) is 32.8 Å². The van der Waals surface area contributed by atoms with E-state index in [1.807, 2.05) is 4.90 Å². The Hall–Kier alpha value is -1.08. The first-order valence-corrected chi connectivity index (χ1v) is 5.91. The van der Waals surface area contributed by atoms with Gasteiger partial charge >= 0.3 is 0 Å². The maximum Gasteiger partial charge on any atom is 0.141 e. The van der Waals surface area contributed by atoms with Gasteiger partial charge in [0.2, 0.25) is 0 Å². The highest BCUT2D eigenvalue weighted by atomic mass is 19.1. The van der Waals surface area contributed by atoms with E-state index in [2.05, 4.69) is 4.98 Å². The molecule has 1 rings (SSSR count). The highest BCUT2D eigenvalue weighted by Gasteiger charge is 2.11. The monoisotopic (exact) mass is 258 g/mol. The van der Waals surface area contributed by atoms with E-state index in [0.717, 1.165) is 6.20 Å². The molecule has 0 saturated heterocycles. The normalized spacial score (nSPS) is 12.9. The second-order valence-corrected chi connectivity index (χ2v) is 3.99. The molecular weight excluding hydrogens is 239 g/mol. The van der Waals surface area contributed by atoms with Gasteiger partial charge < -0.3 is 15.3 Å². The van der Waals surface area contributed by atoms with Crippen LogP contribution in [0.25, 0.3) is 0 Å². The summed E-state index contributed by atoms with van der Waals surface area (Å²) >= 11 is 0. The van der Waals surface area contributed by atoms with Crippen molar-refractivity contribution in [3.05, 3.63) is 29.8 Å². The lowest BCUT2D eigenvalue weighted by Gasteiger charge is -2.21. The number of halogens is 1. The Bertz CT molecular complexity index is 329. The Morgan fingerprint density at radius 3 is 2.33 bits per heavy atom. The van der Waals surface area contributed by atoms with E-state index in [1.165, 1.54) is 12.1 Å². The maximum atomic E-state index is 12.7. The highest BCUT2D eigenvalue weighted by Crippen LogP contribution is 2.14. The second-order valence-electron chi connectivity index (χ2n) is 3.99. The molecule has 0 amide bonds. The minimum atomic E-state index is -0.773. The van der Waals surface area contributed by atoms with Gasteiger partial charge in [-0.15, -0.1) is 0 Å². The molecule has 5 nitrogen and oxygen atoms in total. The summed E-state index contributed by atoms with van der Waals surface area (Å²) in [5.74, 6) is -0.437. The molecule has 0 aliphatic heterocycles. The van der Waals surface area contributed by atoms with Crippen LogP contribution < -0.4 is 0 Å². The average Bonchev–Trinajstić information content (AvgIpc) is 2.37. The van der Waals surface area contributed by atoms with Crippen LogP contribution in [0.1, 0.15) is 18.2 Å². The van der Waals surface area contributed by atoms with Crippen molar-refractivity contribution in [2.45, 2.75) is 12.5 Å². The summed E-state index contributed by atoms with van der Waals surface area (Å²) in [6.45, 7) is 1.44. The summed E-state index contributed by atoms with van der Waals surface area (Å²) in [6.07, 6.45) is 0.710. The summed E-state index contributed by atoms with van der Waals surface area (Å²) < 4.78 is 12.7. The van der Waals surface area contributed by atoms with Gasteiger partial charge in [0.05, 0.1) is 31.2 Å². The zero-order valence-corrected chi connectivity index (χ0v) is 10.2. The van der Waals surface area contributed by atoms with Crippen molar-refractivity contribution in [2.24, 2.45) is 0 Å². The number of rotatable bonds is 8. The molecule has 0 spiro atoms. The fraction of sp³-hybridized carbons (Fsp3) is 0.583. The van der Waals surface area contributed by atoms with E-state index < -0.39 is 11.9 Å². The van der Waals surface area contributed by atoms with Gasteiger partial charge in [0.25, 0.3) is 0 Å². The van der Waals surface area contributed by atoms with Crippen molar-refractivity contribution in [3.8, 4) is 0 Å². The molecule has 0 radical (unpaired) electrons. The number of nitrogens with zero attached hydrogens (tertiary/aromatic N) is 2. The zero-order chi connectivity index (χ0) is 13.4. The molecule has 102 valence electrons. The van der Waals surface area contributed by atoms with Crippen LogP contribution in [0.15, 0.2) is 18.3 Å². The van der Waals surface area contributed by atoms with Gasteiger partial charge in [-0.1, -0.05) is 0 Å². The fourth-order valence-corrected chi connectivity index (χ4v) is 1.66. The average molecular weight is 258 g/mol. The third-order valence-corrected chi connectivity index (χ3v) is 2.64. The number of aliphatic hydroxyl groups excluding tert-OH is 3. The lowest BCUT2D eigenvalue weighted by atomic mass is 10.1. The van der Waals surface area contributed by atoms with Gasteiger partial charge in [0.15, 0.2) is 0 Å². The number of aromatic nitrogens is 1. The van der Waals surface area contributed by atoms with Crippen molar-refractivity contribution < 1.29 is 19.7 Å². The van der Waals surface area contributed by atoms with Crippen LogP contribution in [0, 0.1) is 5.82 Å².